The summed E-state index contributed by atoms with van der Waals surface area (Å²) in [6, 6.07) is 11.1. The molecule has 0 heteroatoms. The van der Waals surface area contributed by atoms with Crippen LogP contribution in [-0.4, -0.2) is 0 Å². The smallest absolute Gasteiger partial charge is 0.0162 e. The molecule has 0 spiro atoms. The van der Waals surface area contributed by atoms with E-state index in [1.54, 1.807) is 5.56 Å². The Balaban J connectivity index is 2.00. The molecule has 1 aromatic carbocycles. The van der Waals surface area contributed by atoms with Crippen LogP contribution in [0.1, 0.15) is 63.9 Å². The third-order valence-electron chi connectivity index (χ3n) is 4.82. The van der Waals surface area contributed by atoms with Crippen molar-refractivity contribution < 1.29 is 0 Å². The van der Waals surface area contributed by atoms with Crippen molar-refractivity contribution in [3.05, 3.63) is 35.9 Å². The van der Waals surface area contributed by atoms with Gasteiger partial charge in [0.2, 0.25) is 0 Å². The Hall–Kier alpha value is -0.780. The molecule has 16 heavy (non-hydrogen) atoms. The molecule has 1 saturated carbocycles. The standard InChI is InChI=1S/C16H24/c1-3-16(4-2)12-10-15(11-13-16)14-8-6-5-7-9-14/h5-9,15H,3-4,10-13H2,1-2H3. The highest BCUT2D eigenvalue weighted by atomic mass is 14.4. The molecular formula is C16H24. The van der Waals surface area contributed by atoms with Crippen molar-refractivity contribution in [2.45, 2.75) is 58.3 Å². The van der Waals surface area contributed by atoms with Crippen LogP contribution >= 0.6 is 0 Å². The van der Waals surface area contributed by atoms with E-state index in [0.717, 1.165) is 5.92 Å². The molecule has 1 fully saturated rings. The monoisotopic (exact) mass is 216 g/mol. The van der Waals surface area contributed by atoms with Gasteiger partial charge in [-0.25, -0.2) is 0 Å². The Bertz CT molecular complexity index is 298. The Labute approximate surface area is 100 Å². The summed E-state index contributed by atoms with van der Waals surface area (Å²) in [5.74, 6) is 0.826. The number of hydrogen-bond acceptors (Lipinski definition) is 0. The van der Waals surface area contributed by atoms with Crippen LogP contribution in [-0.2, 0) is 0 Å². The van der Waals surface area contributed by atoms with Crippen molar-refractivity contribution in [2.75, 3.05) is 0 Å². The first-order chi connectivity index (χ1) is 7.79. The van der Waals surface area contributed by atoms with Crippen molar-refractivity contribution >= 4 is 0 Å². The van der Waals surface area contributed by atoms with E-state index in [9.17, 15) is 0 Å². The molecule has 0 nitrogen and oxygen atoms in total. The summed E-state index contributed by atoms with van der Waals surface area (Å²) in [5.41, 5.74) is 2.23. The zero-order chi connectivity index (χ0) is 11.4. The summed E-state index contributed by atoms with van der Waals surface area (Å²) in [6.07, 6.45) is 8.38. The van der Waals surface area contributed by atoms with Crippen molar-refractivity contribution in [1.82, 2.24) is 0 Å². The van der Waals surface area contributed by atoms with Gasteiger partial charge in [0.1, 0.15) is 0 Å². The molecule has 1 aliphatic carbocycles. The third kappa shape index (κ3) is 2.31. The summed E-state index contributed by atoms with van der Waals surface area (Å²) in [4.78, 5) is 0. The molecule has 0 unspecified atom stereocenters. The van der Waals surface area contributed by atoms with Gasteiger partial charge < -0.3 is 0 Å². The van der Waals surface area contributed by atoms with Gasteiger partial charge >= 0.3 is 0 Å². The van der Waals surface area contributed by atoms with Crippen LogP contribution in [0.3, 0.4) is 0 Å². The second-order valence-electron chi connectivity index (χ2n) is 5.39. The quantitative estimate of drug-likeness (QED) is 0.655. The van der Waals surface area contributed by atoms with E-state index in [0.29, 0.717) is 5.41 Å². The summed E-state index contributed by atoms with van der Waals surface area (Å²) in [7, 11) is 0. The van der Waals surface area contributed by atoms with Gasteiger partial charge in [-0.05, 0) is 42.6 Å². The Morgan fingerprint density at radius 3 is 2.06 bits per heavy atom. The van der Waals surface area contributed by atoms with E-state index in [2.05, 4.69) is 44.2 Å². The van der Waals surface area contributed by atoms with Crippen LogP contribution in [0.15, 0.2) is 30.3 Å². The van der Waals surface area contributed by atoms with E-state index in [-0.39, 0.29) is 0 Å². The molecule has 0 aliphatic heterocycles. The maximum absolute atomic E-state index is 2.37. The highest BCUT2D eigenvalue weighted by Crippen LogP contribution is 2.46. The molecule has 0 atom stereocenters. The molecule has 88 valence electrons. The molecule has 0 N–H and O–H groups in total. The molecule has 0 saturated heterocycles. The van der Waals surface area contributed by atoms with Crippen LogP contribution in [0.25, 0.3) is 0 Å². The minimum atomic E-state index is 0.672. The van der Waals surface area contributed by atoms with E-state index in [1.807, 2.05) is 0 Å². The summed E-state index contributed by atoms with van der Waals surface area (Å²) in [5, 5.41) is 0. The fourth-order valence-electron chi connectivity index (χ4n) is 3.25. The Kier molecular flexibility index (Phi) is 3.68. The fraction of sp³-hybridized carbons (Fsp3) is 0.625. The molecule has 0 aromatic heterocycles. The largest absolute Gasteiger partial charge is 0.0649 e. The van der Waals surface area contributed by atoms with Crippen LogP contribution in [0, 0.1) is 5.41 Å². The molecule has 1 aliphatic rings. The van der Waals surface area contributed by atoms with E-state index < -0.39 is 0 Å². The summed E-state index contributed by atoms with van der Waals surface area (Å²) >= 11 is 0. The van der Waals surface area contributed by atoms with Gasteiger partial charge in [0, 0.05) is 0 Å². The number of rotatable bonds is 3. The van der Waals surface area contributed by atoms with Crippen molar-refractivity contribution in [3.8, 4) is 0 Å². The first-order valence-corrected chi connectivity index (χ1v) is 6.84. The van der Waals surface area contributed by atoms with E-state index in [1.165, 1.54) is 38.5 Å². The Morgan fingerprint density at radius 2 is 1.56 bits per heavy atom. The SMILES string of the molecule is CCC1(CC)CCC(c2ccccc2)CC1. The first kappa shape index (κ1) is 11.7. The average Bonchev–Trinajstić information content (AvgIpc) is 2.40. The second-order valence-corrected chi connectivity index (χ2v) is 5.39. The van der Waals surface area contributed by atoms with Crippen molar-refractivity contribution in [1.29, 1.82) is 0 Å². The molecule has 0 radical (unpaired) electrons. The lowest BCUT2D eigenvalue weighted by Gasteiger charge is -2.39. The van der Waals surface area contributed by atoms with Gasteiger partial charge in [0.05, 0.1) is 0 Å². The van der Waals surface area contributed by atoms with Crippen molar-refractivity contribution in [3.63, 3.8) is 0 Å². The van der Waals surface area contributed by atoms with Gasteiger partial charge in [0.15, 0.2) is 0 Å². The molecular weight excluding hydrogens is 192 g/mol. The average molecular weight is 216 g/mol. The van der Waals surface area contributed by atoms with Crippen LogP contribution in [0.5, 0.6) is 0 Å². The topological polar surface area (TPSA) is 0 Å². The maximum Gasteiger partial charge on any atom is -0.0162 e. The lowest BCUT2D eigenvalue weighted by molar-refractivity contribution is 0.159. The van der Waals surface area contributed by atoms with E-state index in [4.69, 9.17) is 0 Å². The fourth-order valence-corrected chi connectivity index (χ4v) is 3.25. The molecule has 1 aromatic rings. The van der Waals surface area contributed by atoms with Crippen LogP contribution in [0.4, 0.5) is 0 Å². The zero-order valence-electron chi connectivity index (χ0n) is 10.7. The predicted octanol–water partition coefficient (Wildman–Crippen LogP) is 5.15. The maximum atomic E-state index is 2.37. The van der Waals surface area contributed by atoms with Crippen LogP contribution < -0.4 is 0 Å². The highest BCUT2D eigenvalue weighted by Gasteiger charge is 2.32. The van der Waals surface area contributed by atoms with Gasteiger partial charge in [-0.2, -0.15) is 0 Å². The Morgan fingerprint density at radius 1 is 1.00 bits per heavy atom. The lowest BCUT2D eigenvalue weighted by atomic mass is 9.66. The van der Waals surface area contributed by atoms with Crippen molar-refractivity contribution in [2.24, 2.45) is 5.41 Å². The van der Waals surface area contributed by atoms with Crippen LogP contribution in [0.2, 0.25) is 0 Å². The normalized spacial score (nSPS) is 20.9. The predicted molar refractivity (Wildman–Crippen MR) is 70.7 cm³/mol. The van der Waals surface area contributed by atoms with Gasteiger partial charge in [-0.3, -0.25) is 0 Å². The summed E-state index contributed by atoms with van der Waals surface area (Å²) < 4.78 is 0. The molecule has 0 amide bonds. The van der Waals surface area contributed by atoms with Gasteiger partial charge in [-0.15, -0.1) is 0 Å². The summed E-state index contributed by atoms with van der Waals surface area (Å²) in [6.45, 7) is 4.73. The third-order valence-corrected chi connectivity index (χ3v) is 4.82. The van der Waals surface area contributed by atoms with E-state index >= 15 is 0 Å². The number of hydrogen-bond donors (Lipinski definition) is 0. The first-order valence-electron chi connectivity index (χ1n) is 6.84. The molecule has 0 bridgehead atoms. The lowest BCUT2D eigenvalue weighted by Crippen LogP contribution is -2.25. The van der Waals surface area contributed by atoms with Gasteiger partial charge in [0.25, 0.3) is 0 Å². The minimum Gasteiger partial charge on any atom is -0.0649 e. The zero-order valence-corrected chi connectivity index (χ0v) is 10.7. The molecule has 0 heterocycles. The molecule has 2 rings (SSSR count). The second kappa shape index (κ2) is 5.03. The highest BCUT2D eigenvalue weighted by molar-refractivity contribution is 5.20. The van der Waals surface area contributed by atoms with Gasteiger partial charge in [-0.1, -0.05) is 57.0 Å². The minimum absolute atomic E-state index is 0.672. The number of benzene rings is 1.